The molecule has 4 rings (SSSR count). The molecular formula is C17H14FN3O5S. The van der Waals surface area contributed by atoms with Crippen molar-refractivity contribution in [1.29, 1.82) is 5.26 Å². The Morgan fingerprint density at radius 2 is 2.11 bits per heavy atom. The third-order valence-corrected chi connectivity index (χ3v) is 6.06. The lowest BCUT2D eigenvalue weighted by Gasteiger charge is -2.18. The average Bonchev–Trinajstić information content (AvgIpc) is 3.34. The van der Waals surface area contributed by atoms with Crippen molar-refractivity contribution in [3.05, 3.63) is 30.1 Å². The maximum atomic E-state index is 15.1. The summed E-state index contributed by atoms with van der Waals surface area (Å²) in [5.74, 6) is -2.10. The molecule has 8 nitrogen and oxygen atoms in total. The first-order chi connectivity index (χ1) is 12.7. The second-order valence-electron chi connectivity index (χ2n) is 6.66. The van der Waals surface area contributed by atoms with E-state index >= 15 is 4.39 Å². The van der Waals surface area contributed by atoms with Crippen molar-refractivity contribution < 1.29 is 27.4 Å². The number of phenols is 1. The van der Waals surface area contributed by atoms with Crippen LogP contribution in [0.15, 0.2) is 24.3 Å². The third kappa shape index (κ3) is 2.90. The van der Waals surface area contributed by atoms with Gasteiger partial charge < -0.3 is 9.84 Å². The normalized spacial score (nSPS) is 19.6. The molecule has 1 saturated heterocycles. The fourth-order valence-corrected chi connectivity index (χ4v) is 4.10. The Balaban J connectivity index is 1.75. The number of amides is 1. The number of fused-ring (bicyclic) bond motifs is 1. The van der Waals surface area contributed by atoms with Gasteiger partial charge in [0, 0.05) is 5.39 Å². The lowest BCUT2D eigenvalue weighted by Crippen LogP contribution is -2.30. The van der Waals surface area contributed by atoms with Gasteiger partial charge in [-0.25, -0.2) is 13.4 Å². The highest BCUT2D eigenvalue weighted by Crippen LogP contribution is 2.45. The quantitative estimate of drug-likeness (QED) is 0.816. The van der Waals surface area contributed by atoms with E-state index in [0.29, 0.717) is 15.4 Å². The summed E-state index contributed by atoms with van der Waals surface area (Å²) >= 11 is 0. The number of phenolic OH excluding ortho intramolecular Hbond substituents is 1. The second kappa shape index (κ2) is 5.72. The number of hydrogen-bond acceptors (Lipinski definition) is 6. The van der Waals surface area contributed by atoms with Gasteiger partial charge in [-0.15, -0.1) is 0 Å². The minimum absolute atomic E-state index is 0.0247. The molecule has 27 heavy (non-hydrogen) atoms. The molecule has 2 aromatic rings. The molecule has 1 saturated carbocycles. The average molecular weight is 391 g/mol. The maximum absolute atomic E-state index is 15.1. The number of benzene rings is 2. The van der Waals surface area contributed by atoms with Crippen LogP contribution in [0.5, 0.6) is 11.5 Å². The number of carbonyl (C=O) groups is 1. The predicted molar refractivity (Wildman–Crippen MR) is 92.8 cm³/mol. The highest BCUT2D eigenvalue weighted by molar-refractivity contribution is 7.92. The number of carbonyl (C=O) groups excluding carboxylic acids is 1. The molecule has 0 bridgehead atoms. The minimum Gasteiger partial charge on any atom is -0.506 e. The second-order valence-corrected chi connectivity index (χ2v) is 8.25. The Bertz CT molecular complexity index is 1120. The van der Waals surface area contributed by atoms with Gasteiger partial charge in [0.15, 0.2) is 5.82 Å². The zero-order valence-corrected chi connectivity index (χ0v) is 14.7. The van der Waals surface area contributed by atoms with Gasteiger partial charge in [0.25, 0.3) is 5.91 Å². The van der Waals surface area contributed by atoms with E-state index < -0.39 is 45.3 Å². The summed E-state index contributed by atoms with van der Waals surface area (Å²) in [6, 6.07) is 7.88. The van der Waals surface area contributed by atoms with Crippen LogP contribution in [-0.4, -0.2) is 32.6 Å². The Morgan fingerprint density at radius 3 is 2.70 bits per heavy atom. The topological polar surface area (TPSA) is 120 Å². The number of halogens is 1. The Kier molecular flexibility index (Phi) is 3.68. The molecule has 1 aliphatic carbocycles. The van der Waals surface area contributed by atoms with E-state index in [0.717, 1.165) is 12.8 Å². The van der Waals surface area contributed by atoms with Crippen LogP contribution in [0.1, 0.15) is 12.8 Å². The molecule has 0 unspecified atom stereocenters. The molecule has 0 radical (unpaired) electrons. The highest BCUT2D eigenvalue weighted by atomic mass is 32.2. The number of anilines is 1. The van der Waals surface area contributed by atoms with Crippen LogP contribution in [0.4, 0.5) is 10.1 Å². The van der Waals surface area contributed by atoms with Gasteiger partial charge in [-0.1, -0.05) is 6.07 Å². The van der Waals surface area contributed by atoms with E-state index in [4.69, 9.17) is 10.00 Å². The fourth-order valence-electron chi connectivity index (χ4n) is 2.94. The van der Waals surface area contributed by atoms with E-state index in [-0.39, 0.29) is 12.0 Å². The lowest BCUT2D eigenvalue weighted by atomic mass is 10.1. The van der Waals surface area contributed by atoms with Crippen LogP contribution in [0.25, 0.3) is 10.8 Å². The van der Waals surface area contributed by atoms with E-state index in [1.165, 1.54) is 18.2 Å². The van der Waals surface area contributed by atoms with Crippen molar-refractivity contribution in [3.63, 3.8) is 0 Å². The van der Waals surface area contributed by atoms with Crippen molar-refractivity contribution in [1.82, 2.24) is 4.72 Å². The smallest absolute Gasteiger partial charge is 0.326 e. The minimum atomic E-state index is -4.27. The van der Waals surface area contributed by atoms with E-state index in [2.05, 4.69) is 6.07 Å². The van der Waals surface area contributed by atoms with Crippen LogP contribution in [0, 0.1) is 22.6 Å². The van der Waals surface area contributed by atoms with Crippen LogP contribution in [-0.2, 0) is 15.0 Å². The summed E-state index contributed by atoms with van der Waals surface area (Å²) in [6.45, 7) is -0.445. The fraction of sp³-hybridized carbons (Fsp3) is 0.294. The SMILES string of the molecule is N#CC1(COc2ccc3cc(O)c(N4CC(=O)NS4(=O)=O)c(F)c3c2)CC1. The summed E-state index contributed by atoms with van der Waals surface area (Å²) in [7, 11) is -4.27. The van der Waals surface area contributed by atoms with Crippen molar-refractivity contribution in [3.8, 4) is 17.6 Å². The standard InChI is InChI=1S/C17H14FN3O5S/c18-15-12-6-11(26-9-17(8-19)3-4-17)2-1-10(12)5-13(22)16(15)21-7-14(23)20-27(21,24)25/h1-2,5-6,22H,3-4,7,9H2,(H,20,23). The molecule has 2 aliphatic rings. The number of ether oxygens (including phenoxy) is 1. The first-order valence-electron chi connectivity index (χ1n) is 8.07. The molecule has 1 heterocycles. The van der Waals surface area contributed by atoms with Crippen LogP contribution >= 0.6 is 0 Å². The highest BCUT2D eigenvalue weighted by Gasteiger charge is 2.44. The summed E-state index contributed by atoms with van der Waals surface area (Å²) in [5, 5.41) is 19.6. The zero-order valence-electron chi connectivity index (χ0n) is 13.9. The third-order valence-electron chi connectivity index (χ3n) is 4.68. The van der Waals surface area contributed by atoms with E-state index in [1.807, 2.05) is 0 Å². The van der Waals surface area contributed by atoms with Crippen molar-refractivity contribution in [2.24, 2.45) is 5.41 Å². The first kappa shape index (κ1) is 17.4. The van der Waals surface area contributed by atoms with Gasteiger partial charge >= 0.3 is 10.2 Å². The molecule has 2 N–H and O–H groups in total. The van der Waals surface area contributed by atoms with Crippen LogP contribution in [0.2, 0.25) is 0 Å². The van der Waals surface area contributed by atoms with E-state index in [9.17, 15) is 18.3 Å². The number of hydrogen-bond donors (Lipinski definition) is 2. The summed E-state index contributed by atoms with van der Waals surface area (Å²) in [4.78, 5) is 11.4. The molecule has 140 valence electrons. The zero-order chi connectivity index (χ0) is 19.4. The number of nitrogens with one attached hydrogen (secondary N) is 1. The van der Waals surface area contributed by atoms with Gasteiger partial charge in [-0.2, -0.15) is 13.7 Å². The van der Waals surface area contributed by atoms with Crippen molar-refractivity contribution >= 4 is 32.6 Å². The van der Waals surface area contributed by atoms with E-state index in [1.54, 1.807) is 10.8 Å². The lowest BCUT2D eigenvalue weighted by molar-refractivity contribution is -0.117. The monoisotopic (exact) mass is 391 g/mol. The Labute approximate surface area is 153 Å². The largest absolute Gasteiger partial charge is 0.506 e. The molecule has 2 fully saturated rings. The number of nitrogens with zero attached hydrogens (tertiary/aromatic N) is 2. The van der Waals surface area contributed by atoms with Crippen molar-refractivity contribution in [2.75, 3.05) is 17.5 Å². The van der Waals surface area contributed by atoms with Gasteiger partial charge in [0.2, 0.25) is 0 Å². The van der Waals surface area contributed by atoms with Crippen molar-refractivity contribution in [2.45, 2.75) is 12.8 Å². The maximum Gasteiger partial charge on any atom is 0.326 e. The summed E-state index contributed by atoms with van der Waals surface area (Å²) in [6.07, 6.45) is 1.49. The van der Waals surface area contributed by atoms with Crippen LogP contribution in [0.3, 0.4) is 0 Å². The van der Waals surface area contributed by atoms with Gasteiger partial charge in [0.05, 0.1) is 11.5 Å². The Hall–Kier alpha value is -3.06. The molecule has 0 spiro atoms. The predicted octanol–water partition coefficient (Wildman–Crippen LogP) is 1.55. The molecule has 1 aliphatic heterocycles. The molecule has 2 aromatic carbocycles. The Morgan fingerprint density at radius 1 is 1.37 bits per heavy atom. The molecule has 1 amide bonds. The van der Waals surface area contributed by atoms with Gasteiger partial charge in [-0.3, -0.25) is 4.79 Å². The number of nitriles is 1. The number of rotatable bonds is 4. The van der Waals surface area contributed by atoms with Gasteiger partial charge in [0.1, 0.15) is 30.3 Å². The molecule has 10 heteroatoms. The summed E-state index contributed by atoms with van der Waals surface area (Å²) < 4.78 is 46.9. The molecule has 0 aromatic heterocycles. The number of aromatic hydroxyl groups is 1. The van der Waals surface area contributed by atoms with Crippen LogP contribution < -0.4 is 13.8 Å². The first-order valence-corrected chi connectivity index (χ1v) is 9.51. The summed E-state index contributed by atoms with van der Waals surface area (Å²) in [5.41, 5.74) is -1.10. The molecular weight excluding hydrogens is 377 g/mol. The molecule has 0 atom stereocenters. The van der Waals surface area contributed by atoms with Gasteiger partial charge in [-0.05, 0) is 36.4 Å².